The van der Waals surface area contributed by atoms with Gasteiger partial charge >= 0.3 is 0 Å². The van der Waals surface area contributed by atoms with Crippen LogP contribution in [0.15, 0.2) is 48.5 Å². The predicted molar refractivity (Wildman–Crippen MR) is 86.2 cm³/mol. The Bertz CT molecular complexity index is 540. The molecule has 3 nitrogen and oxygen atoms in total. The molecule has 0 bridgehead atoms. The zero-order valence-corrected chi connectivity index (χ0v) is 13.1. The summed E-state index contributed by atoms with van der Waals surface area (Å²) in [6.45, 7) is 3.61. The molecule has 0 aliphatic rings. The molecule has 0 radical (unpaired) electrons. The number of hydrogen-bond acceptors (Lipinski definition) is 3. The number of rotatable bonds is 7. The Kier molecular flexibility index (Phi) is 5.90. The fourth-order valence-corrected chi connectivity index (χ4v) is 2.08. The lowest BCUT2D eigenvalue weighted by molar-refractivity contribution is 0.217. The van der Waals surface area contributed by atoms with Crippen LogP contribution in [0.5, 0.6) is 11.5 Å². The van der Waals surface area contributed by atoms with Gasteiger partial charge in [0.05, 0.1) is 7.11 Å². The SMILES string of the molecule is COc1ccc(CNCC(C)Oc2ccc(Cl)cc2)cc1. The van der Waals surface area contributed by atoms with Crippen LogP contribution in [0, 0.1) is 0 Å². The number of halogens is 1. The summed E-state index contributed by atoms with van der Waals surface area (Å²) in [6.07, 6.45) is 0.0874. The van der Waals surface area contributed by atoms with Crippen molar-refractivity contribution in [3.63, 3.8) is 0 Å². The minimum atomic E-state index is 0.0874. The van der Waals surface area contributed by atoms with E-state index < -0.39 is 0 Å². The van der Waals surface area contributed by atoms with Crippen molar-refractivity contribution in [3.05, 3.63) is 59.1 Å². The first kappa shape index (κ1) is 15.7. The lowest BCUT2D eigenvalue weighted by atomic mass is 10.2. The summed E-state index contributed by atoms with van der Waals surface area (Å²) in [5.41, 5.74) is 1.22. The first-order valence-electron chi connectivity index (χ1n) is 6.93. The van der Waals surface area contributed by atoms with Crippen LogP contribution in [0.3, 0.4) is 0 Å². The Morgan fingerprint density at radius 2 is 1.62 bits per heavy atom. The molecule has 0 fully saturated rings. The standard InChI is InChI=1S/C17H20ClNO2/c1-13(21-17-9-5-15(18)6-10-17)11-19-12-14-3-7-16(20-2)8-4-14/h3-10,13,19H,11-12H2,1-2H3. The third kappa shape index (κ3) is 5.29. The van der Waals surface area contributed by atoms with Gasteiger partial charge in [0.15, 0.2) is 0 Å². The Labute approximate surface area is 130 Å². The predicted octanol–water partition coefficient (Wildman–Crippen LogP) is 3.91. The van der Waals surface area contributed by atoms with Crippen LogP contribution in [0.2, 0.25) is 5.02 Å². The number of nitrogens with one attached hydrogen (secondary N) is 1. The van der Waals surface area contributed by atoms with E-state index in [2.05, 4.69) is 17.4 Å². The molecule has 4 heteroatoms. The van der Waals surface area contributed by atoms with E-state index in [0.29, 0.717) is 5.02 Å². The molecule has 112 valence electrons. The van der Waals surface area contributed by atoms with Gasteiger partial charge in [0.25, 0.3) is 0 Å². The van der Waals surface area contributed by atoms with Crippen molar-refractivity contribution in [1.29, 1.82) is 0 Å². The molecule has 21 heavy (non-hydrogen) atoms. The third-order valence-corrected chi connectivity index (χ3v) is 3.32. The van der Waals surface area contributed by atoms with Gasteiger partial charge in [0, 0.05) is 18.1 Å². The zero-order valence-electron chi connectivity index (χ0n) is 12.3. The Hall–Kier alpha value is -1.71. The molecule has 1 unspecified atom stereocenters. The van der Waals surface area contributed by atoms with Crippen molar-refractivity contribution in [1.82, 2.24) is 5.32 Å². The first-order chi connectivity index (χ1) is 10.2. The van der Waals surface area contributed by atoms with Crippen molar-refractivity contribution in [2.24, 2.45) is 0 Å². The maximum absolute atomic E-state index is 5.84. The van der Waals surface area contributed by atoms with Crippen LogP contribution < -0.4 is 14.8 Å². The molecule has 0 aliphatic carbocycles. The fourth-order valence-electron chi connectivity index (χ4n) is 1.95. The summed E-state index contributed by atoms with van der Waals surface area (Å²) in [6, 6.07) is 15.4. The minimum absolute atomic E-state index is 0.0874. The summed E-state index contributed by atoms with van der Waals surface area (Å²) in [5.74, 6) is 1.70. The van der Waals surface area contributed by atoms with E-state index in [0.717, 1.165) is 24.6 Å². The molecule has 1 atom stereocenters. The maximum atomic E-state index is 5.84. The molecule has 0 saturated heterocycles. The summed E-state index contributed by atoms with van der Waals surface area (Å²) in [4.78, 5) is 0. The highest BCUT2D eigenvalue weighted by molar-refractivity contribution is 6.30. The van der Waals surface area contributed by atoms with Crippen molar-refractivity contribution < 1.29 is 9.47 Å². The molecule has 0 heterocycles. The van der Waals surface area contributed by atoms with Gasteiger partial charge in [-0.3, -0.25) is 0 Å². The highest BCUT2D eigenvalue weighted by atomic mass is 35.5. The van der Waals surface area contributed by atoms with Gasteiger partial charge in [-0.25, -0.2) is 0 Å². The highest BCUT2D eigenvalue weighted by Crippen LogP contribution is 2.16. The zero-order chi connectivity index (χ0) is 15.1. The van der Waals surface area contributed by atoms with Gasteiger partial charge in [0.1, 0.15) is 17.6 Å². The van der Waals surface area contributed by atoms with Gasteiger partial charge in [-0.05, 0) is 48.9 Å². The van der Waals surface area contributed by atoms with E-state index in [4.69, 9.17) is 21.1 Å². The fraction of sp³-hybridized carbons (Fsp3) is 0.294. The smallest absolute Gasteiger partial charge is 0.119 e. The Morgan fingerprint density at radius 3 is 2.24 bits per heavy atom. The minimum Gasteiger partial charge on any atom is -0.497 e. The maximum Gasteiger partial charge on any atom is 0.119 e. The lowest BCUT2D eigenvalue weighted by Gasteiger charge is -2.15. The van der Waals surface area contributed by atoms with Gasteiger partial charge in [-0.1, -0.05) is 23.7 Å². The number of methoxy groups -OCH3 is 1. The van der Waals surface area contributed by atoms with Crippen molar-refractivity contribution >= 4 is 11.6 Å². The molecule has 0 aliphatic heterocycles. The molecular weight excluding hydrogens is 286 g/mol. The highest BCUT2D eigenvalue weighted by Gasteiger charge is 2.04. The second-order valence-electron chi connectivity index (χ2n) is 4.86. The average molecular weight is 306 g/mol. The largest absolute Gasteiger partial charge is 0.497 e. The molecular formula is C17H20ClNO2. The molecule has 2 aromatic rings. The lowest BCUT2D eigenvalue weighted by Crippen LogP contribution is -2.28. The van der Waals surface area contributed by atoms with Crippen LogP contribution >= 0.6 is 11.6 Å². The van der Waals surface area contributed by atoms with Crippen LogP contribution in [-0.2, 0) is 6.54 Å². The van der Waals surface area contributed by atoms with Crippen LogP contribution in [0.4, 0.5) is 0 Å². The van der Waals surface area contributed by atoms with E-state index in [1.54, 1.807) is 7.11 Å². The molecule has 1 N–H and O–H groups in total. The molecule has 2 rings (SSSR count). The molecule has 0 spiro atoms. The summed E-state index contributed by atoms with van der Waals surface area (Å²) in [5, 5.41) is 4.09. The molecule has 0 aromatic heterocycles. The topological polar surface area (TPSA) is 30.5 Å². The second kappa shape index (κ2) is 7.91. The summed E-state index contributed by atoms with van der Waals surface area (Å²) in [7, 11) is 1.67. The Morgan fingerprint density at radius 1 is 1.00 bits per heavy atom. The van der Waals surface area contributed by atoms with E-state index in [9.17, 15) is 0 Å². The van der Waals surface area contributed by atoms with Crippen molar-refractivity contribution in [2.45, 2.75) is 19.6 Å². The van der Waals surface area contributed by atoms with E-state index in [1.165, 1.54) is 5.56 Å². The van der Waals surface area contributed by atoms with E-state index >= 15 is 0 Å². The normalized spacial score (nSPS) is 12.0. The summed E-state index contributed by atoms with van der Waals surface area (Å²) < 4.78 is 10.9. The van der Waals surface area contributed by atoms with Crippen molar-refractivity contribution in [2.75, 3.05) is 13.7 Å². The van der Waals surface area contributed by atoms with Crippen LogP contribution in [0.1, 0.15) is 12.5 Å². The van der Waals surface area contributed by atoms with E-state index in [-0.39, 0.29) is 6.10 Å². The van der Waals surface area contributed by atoms with Crippen LogP contribution in [0.25, 0.3) is 0 Å². The van der Waals surface area contributed by atoms with Gasteiger partial charge in [0.2, 0.25) is 0 Å². The first-order valence-corrected chi connectivity index (χ1v) is 7.31. The van der Waals surface area contributed by atoms with Crippen molar-refractivity contribution in [3.8, 4) is 11.5 Å². The van der Waals surface area contributed by atoms with Crippen LogP contribution in [-0.4, -0.2) is 19.8 Å². The number of benzene rings is 2. The Balaban J connectivity index is 1.73. The molecule has 2 aromatic carbocycles. The third-order valence-electron chi connectivity index (χ3n) is 3.07. The average Bonchev–Trinajstić information content (AvgIpc) is 2.50. The molecule has 0 amide bonds. The van der Waals surface area contributed by atoms with Gasteiger partial charge in [-0.15, -0.1) is 0 Å². The van der Waals surface area contributed by atoms with E-state index in [1.807, 2.05) is 43.3 Å². The molecule has 0 saturated carbocycles. The number of hydrogen-bond donors (Lipinski definition) is 1. The quantitative estimate of drug-likeness (QED) is 0.841. The number of ether oxygens (including phenoxy) is 2. The van der Waals surface area contributed by atoms with Gasteiger partial charge < -0.3 is 14.8 Å². The summed E-state index contributed by atoms with van der Waals surface area (Å²) >= 11 is 5.84. The monoisotopic (exact) mass is 305 g/mol. The van der Waals surface area contributed by atoms with Gasteiger partial charge in [-0.2, -0.15) is 0 Å². The second-order valence-corrected chi connectivity index (χ2v) is 5.30.